The minimum Gasteiger partial charge on any atom is -0.462 e. The second kappa shape index (κ2) is 6.76. The number of hydrogen-bond donors (Lipinski definition) is 2. The molecule has 6 heteroatoms. The quantitative estimate of drug-likeness (QED) is 0.696. The predicted octanol–water partition coefficient (Wildman–Crippen LogP) is 4.25. The molecule has 5 nitrogen and oxygen atoms in total. The van der Waals surface area contributed by atoms with Gasteiger partial charge in [0, 0.05) is 11.1 Å². The summed E-state index contributed by atoms with van der Waals surface area (Å²) in [5, 5.41) is 4.20. The Morgan fingerprint density at radius 3 is 2.58 bits per heavy atom. The molecule has 3 aromatic rings. The summed E-state index contributed by atoms with van der Waals surface area (Å²) in [6, 6.07) is 13.7. The average molecular weight is 343 g/mol. The van der Waals surface area contributed by atoms with Gasteiger partial charge in [-0.05, 0) is 43.3 Å². The minimum atomic E-state index is -0.388. The molecular formula is C18H15ClN2O3. The van der Waals surface area contributed by atoms with Gasteiger partial charge in [-0.2, -0.15) is 0 Å². The maximum Gasteiger partial charge on any atom is 0.338 e. The molecule has 3 rings (SSSR count). The third kappa shape index (κ3) is 3.26. The molecule has 0 spiro atoms. The molecule has 122 valence electrons. The maximum atomic E-state index is 12.3. The lowest BCUT2D eigenvalue weighted by atomic mass is 10.2. The maximum absolute atomic E-state index is 12.3. The first-order valence-corrected chi connectivity index (χ1v) is 7.82. The largest absolute Gasteiger partial charge is 0.462 e. The van der Waals surface area contributed by atoms with Crippen molar-refractivity contribution >= 4 is 40.1 Å². The van der Waals surface area contributed by atoms with E-state index in [9.17, 15) is 9.59 Å². The van der Waals surface area contributed by atoms with Crippen molar-refractivity contribution in [3.8, 4) is 0 Å². The molecule has 0 bridgehead atoms. The summed E-state index contributed by atoms with van der Waals surface area (Å²) < 4.78 is 4.92. The van der Waals surface area contributed by atoms with Gasteiger partial charge in [0.1, 0.15) is 5.69 Å². The zero-order valence-electron chi connectivity index (χ0n) is 12.9. The minimum absolute atomic E-state index is 0.286. The van der Waals surface area contributed by atoms with Crippen LogP contribution in [0.5, 0.6) is 0 Å². The number of carbonyl (C=O) groups is 2. The number of hydrogen-bond acceptors (Lipinski definition) is 3. The van der Waals surface area contributed by atoms with Crippen LogP contribution in [-0.4, -0.2) is 23.5 Å². The highest BCUT2D eigenvalue weighted by molar-refractivity contribution is 6.35. The van der Waals surface area contributed by atoms with Gasteiger partial charge < -0.3 is 15.0 Å². The standard InChI is InChI=1S/C18H15ClN2O3/c1-2-24-18(23)11-6-8-13(9-7-11)20-17(22)15-10-12-4-3-5-14(19)16(12)21-15/h3-10,21H,2H2,1H3,(H,20,22). The van der Waals surface area contributed by atoms with Crippen LogP contribution in [0.3, 0.4) is 0 Å². The van der Waals surface area contributed by atoms with E-state index in [4.69, 9.17) is 16.3 Å². The fourth-order valence-corrected chi connectivity index (χ4v) is 2.57. The molecule has 24 heavy (non-hydrogen) atoms. The molecule has 1 aromatic heterocycles. The van der Waals surface area contributed by atoms with Crippen molar-refractivity contribution < 1.29 is 14.3 Å². The van der Waals surface area contributed by atoms with Gasteiger partial charge in [0.25, 0.3) is 5.91 Å². The lowest BCUT2D eigenvalue weighted by molar-refractivity contribution is 0.0526. The predicted molar refractivity (Wildman–Crippen MR) is 93.7 cm³/mol. The fraction of sp³-hybridized carbons (Fsp3) is 0.111. The van der Waals surface area contributed by atoms with Crippen molar-refractivity contribution in [2.24, 2.45) is 0 Å². The summed E-state index contributed by atoms with van der Waals surface area (Å²) in [4.78, 5) is 27.0. The van der Waals surface area contributed by atoms with Crippen LogP contribution in [0.25, 0.3) is 10.9 Å². The van der Waals surface area contributed by atoms with Gasteiger partial charge >= 0.3 is 5.97 Å². The fourth-order valence-electron chi connectivity index (χ4n) is 2.34. The van der Waals surface area contributed by atoms with Gasteiger partial charge in [0.15, 0.2) is 0 Å². The average Bonchev–Trinajstić information content (AvgIpc) is 3.01. The van der Waals surface area contributed by atoms with Gasteiger partial charge in [-0.3, -0.25) is 4.79 Å². The zero-order valence-corrected chi connectivity index (χ0v) is 13.7. The molecule has 0 radical (unpaired) electrons. The molecule has 0 fully saturated rings. The number of halogens is 1. The van der Waals surface area contributed by atoms with Crippen molar-refractivity contribution in [3.05, 3.63) is 64.8 Å². The van der Waals surface area contributed by atoms with E-state index in [0.717, 1.165) is 10.9 Å². The summed E-state index contributed by atoms with van der Waals surface area (Å²) in [5.74, 6) is -0.674. The number of carbonyl (C=O) groups excluding carboxylic acids is 2. The summed E-state index contributed by atoms with van der Waals surface area (Å²) in [6.07, 6.45) is 0. The van der Waals surface area contributed by atoms with Crippen LogP contribution in [0.15, 0.2) is 48.5 Å². The summed E-state index contributed by atoms with van der Waals surface area (Å²) in [5.41, 5.74) is 2.15. The van der Waals surface area contributed by atoms with Crippen molar-refractivity contribution in [3.63, 3.8) is 0 Å². The summed E-state index contributed by atoms with van der Waals surface area (Å²) >= 11 is 6.10. The van der Waals surface area contributed by atoms with Crippen LogP contribution >= 0.6 is 11.6 Å². The number of para-hydroxylation sites is 1. The zero-order chi connectivity index (χ0) is 17.1. The van der Waals surface area contributed by atoms with Crippen molar-refractivity contribution in [2.45, 2.75) is 6.92 Å². The number of H-pyrrole nitrogens is 1. The van der Waals surface area contributed by atoms with Gasteiger partial charge in [0.05, 0.1) is 22.7 Å². The number of amides is 1. The molecule has 0 aliphatic heterocycles. The topological polar surface area (TPSA) is 71.2 Å². The molecule has 0 aliphatic carbocycles. The van der Waals surface area contributed by atoms with Gasteiger partial charge in [-0.25, -0.2) is 4.79 Å². The Bertz CT molecular complexity index is 900. The monoisotopic (exact) mass is 342 g/mol. The van der Waals surface area contributed by atoms with Crippen molar-refractivity contribution in [2.75, 3.05) is 11.9 Å². The van der Waals surface area contributed by atoms with Crippen molar-refractivity contribution in [1.82, 2.24) is 4.98 Å². The second-order valence-electron chi connectivity index (χ2n) is 5.14. The highest BCUT2D eigenvalue weighted by Gasteiger charge is 2.12. The number of aromatic amines is 1. The van der Waals surface area contributed by atoms with Gasteiger partial charge in [0.2, 0.25) is 0 Å². The normalized spacial score (nSPS) is 10.6. The summed E-state index contributed by atoms with van der Waals surface area (Å²) in [7, 11) is 0. The Balaban J connectivity index is 1.76. The number of aromatic nitrogens is 1. The molecule has 0 aliphatic rings. The molecule has 1 amide bonds. The lowest BCUT2D eigenvalue weighted by Crippen LogP contribution is -2.12. The summed E-state index contributed by atoms with van der Waals surface area (Å²) in [6.45, 7) is 2.07. The van der Waals surface area contributed by atoms with E-state index in [0.29, 0.717) is 28.6 Å². The van der Waals surface area contributed by atoms with E-state index in [1.54, 1.807) is 43.3 Å². The van der Waals surface area contributed by atoms with E-state index < -0.39 is 0 Å². The van der Waals surface area contributed by atoms with Gasteiger partial charge in [-0.15, -0.1) is 0 Å². The van der Waals surface area contributed by atoms with Crippen LogP contribution in [-0.2, 0) is 4.74 Å². The van der Waals surface area contributed by atoms with Crippen LogP contribution in [0, 0.1) is 0 Å². The Hall–Kier alpha value is -2.79. The van der Waals surface area contributed by atoms with E-state index in [2.05, 4.69) is 10.3 Å². The molecule has 1 heterocycles. The third-order valence-electron chi connectivity index (χ3n) is 3.50. The molecule has 2 N–H and O–H groups in total. The van der Waals surface area contributed by atoms with E-state index in [1.165, 1.54) is 0 Å². The molecular weight excluding hydrogens is 328 g/mol. The first-order chi connectivity index (χ1) is 11.6. The van der Waals surface area contributed by atoms with Crippen LogP contribution < -0.4 is 5.32 Å². The third-order valence-corrected chi connectivity index (χ3v) is 3.82. The number of benzene rings is 2. The molecule has 0 atom stereocenters. The number of esters is 1. The first kappa shape index (κ1) is 16.1. The molecule has 0 saturated heterocycles. The van der Waals surface area contributed by atoms with E-state index in [1.807, 2.05) is 12.1 Å². The highest BCUT2D eigenvalue weighted by Crippen LogP contribution is 2.24. The van der Waals surface area contributed by atoms with Crippen molar-refractivity contribution in [1.29, 1.82) is 0 Å². The van der Waals surface area contributed by atoms with Gasteiger partial charge in [-0.1, -0.05) is 23.7 Å². The Morgan fingerprint density at radius 2 is 1.92 bits per heavy atom. The smallest absolute Gasteiger partial charge is 0.338 e. The SMILES string of the molecule is CCOC(=O)c1ccc(NC(=O)c2cc3cccc(Cl)c3[nH]2)cc1. The number of fused-ring (bicyclic) bond motifs is 1. The Labute approximate surface area is 143 Å². The second-order valence-corrected chi connectivity index (χ2v) is 5.55. The number of nitrogens with one attached hydrogen (secondary N) is 2. The Morgan fingerprint density at radius 1 is 1.17 bits per heavy atom. The molecule has 0 saturated carbocycles. The number of rotatable bonds is 4. The number of anilines is 1. The van der Waals surface area contributed by atoms with Crippen LogP contribution in [0.2, 0.25) is 5.02 Å². The lowest BCUT2D eigenvalue weighted by Gasteiger charge is -2.05. The number of ether oxygens (including phenoxy) is 1. The van der Waals surface area contributed by atoms with E-state index >= 15 is 0 Å². The first-order valence-electron chi connectivity index (χ1n) is 7.44. The molecule has 0 unspecified atom stereocenters. The van der Waals surface area contributed by atoms with E-state index in [-0.39, 0.29) is 11.9 Å². The Kier molecular flexibility index (Phi) is 4.53. The highest BCUT2D eigenvalue weighted by atomic mass is 35.5. The van der Waals surface area contributed by atoms with Crippen LogP contribution in [0.4, 0.5) is 5.69 Å². The molecule has 2 aromatic carbocycles. The van der Waals surface area contributed by atoms with Crippen LogP contribution in [0.1, 0.15) is 27.8 Å².